The Kier molecular flexibility index (Phi) is 7.06. The molecule has 0 amide bonds. The third-order valence-electron chi connectivity index (χ3n) is 5.71. The van der Waals surface area contributed by atoms with Gasteiger partial charge in [-0.05, 0) is 50.9 Å². The largest absolute Gasteiger partial charge is 0.508 e. The van der Waals surface area contributed by atoms with Gasteiger partial charge in [-0.1, -0.05) is 37.3 Å². The number of likely N-dealkylation sites (tertiary alicyclic amines) is 1. The van der Waals surface area contributed by atoms with Gasteiger partial charge in [-0.25, -0.2) is 4.79 Å². The van der Waals surface area contributed by atoms with Crippen molar-refractivity contribution < 1.29 is 19.1 Å². The summed E-state index contributed by atoms with van der Waals surface area (Å²) in [5.41, 5.74) is 2.52. The van der Waals surface area contributed by atoms with Crippen LogP contribution in [0.2, 0.25) is 0 Å². The summed E-state index contributed by atoms with van der Waals surface area (Å²) in [6, 6.07) is 12.9. The molecule has 3 aromatic rings. The first-order valence-corrected chi connectivity index (χ1v) is 10.3. The molecule has 160 valence electrons. The number of fused-ring (bicyclic) bond motifs is 1. The Morgan fingerprint density at radius 3 is 2.53 bits per heavy atom. The second-order valence-electron chi connectivity index (χ2n) is 7.79. The second-order valence-corrected chi connectivity index (χ2v) is 7.79. The maximum atomic E-state index is 12.9. The molecule has 6 heteroatoms. The quantitative estimate of drug-likeness (QED) is 0.532. The fourth-order valence-electron chi connectivity index (χ4n) is 4.04. The maximum Gasteiger partial charge on any atom is 0.342 e. The molecule has 30 heavy (non-hydrogen) atoms. The second kappa shape index (κ2) is 9.54. The van der Waals surface area contributed by atoms with Crippen LogP contribution in [0.5, 0.6) is 5.75 Å². The molecule has 0 bridgehead atoms. The van der Waals surface area contributed by atoms with E-state index in [0.29, 0.717) is 28.8 Å². The van der Waals surface area contributed by atoms with Crippen LogP contribution in [0.3, 0.4) is 0 Å². The highest BCUT2D eigenvalue weighted by Gasteiger charge is 2.28. The summed E-state index contributed by atoms with van der Waals surface area (Å²) in [4.78, 5) is 15.3. The fraction of sp³-hybridized carbons (Fsp3) is 0.375. The highest BCUT2D eigenvalue weighted by molar-refractivity contribution is 6.10. The summed E-state index contributed by atoms with van der Waals surface area (Å²) in [6.45, 7) is 6.88. The van der Waals surface area contributed by atoms with Crippen molar-refractivity contribution >= 4 is 29.3 Å². The van der Waals surface area contributed by atoms with E-state index in [1.54, 1.807) is 19.1 Å². The summed E-state index contributed by atoms with van der Waals surface area (Å²) in [5, 5.41) is 11.3. The summed E-state index contributed by atoms with van der Waals surface area (Å²) in [6.07, 6.45) is 2.28. The zero-order valence-corrected chi connectivity index (χ0v) is 18.2. The Labute approximate surface area is 183 Å². The molecule has 0 radical (unpaired) electrons. The molecule has 0 atom stereocenters. The number of esters is 1. The fourth-order valence-corrected chi connectivity index (χ4v) is 4.04. The summed E-state index contributed by atoms with van der Waals surface area (Å²) < 4.78 is 11.5. The topological polar surface area (TPSA) is 62.9 Å². The Morgan fingerprint density at radius 1 is 1.17 bits per heavy atom. The number of carbonyl (C=O) groups excluding carboxylic acids is 1. The lowest BCUT2D eigenvalue weighted by molar-refractivity contribution is 0.0528. The lowest BCUT2D eigenvalue weighted by Gasteiger charge is -2.30. The number of halogens is 1. The van der Waals surface area contributed by atoms with Crippen LogP contribution in [0, 0.1) is 5.92 Å². The average Bonchev–Trinajstić information content (AvgIpc) is 3.12. The highest BCUT2D eigenvalue weighted by Crippen LogP contribution is 2.39. The number of carbonyl (C=O) groups is 1. The molecule has 5 nitrogen and oxygen atoms in total. The molecule has 1 aliphatic rings. The van der Waals surface area contributed by atoms with Crippen LogP contribution in [0.1, 0.15) is 42.6 Å². The van der Waals surface area contributed by atoms with Gasteiger partial charge < -0.3 is 14.3 Å². The van der Waals surface area contributed by atoms with E-state index >= 15 is 0 Å². The van der Waals surface area contributed by atoms with Gasteiger partial charge in [-0.2, -0.15) is 0 Å². The number of hydrogen-bond donors (Lipinski definition) is 1. The van der Waals surface area contributed by atoms with Crippen LogP contribution in [-0.4, -0.2) is 35.7 Å². The standard InChI is InChI=1S/C24H27NO4.ClH/c1-3-28-24(27)22-21-18(15-25-13-11-16(2)12-14-25)19(26)9-10-20(21)29-23(22)17-7-5-4-6-8-17;/h4-10,16,26H,3,11-15H2,1-2H3;1H. The Morgan fingerprint density at radius 2 is 1.87 bits per heavy atom. The summed E-state index contributed by atoms with van der Waals surface area (Å²) >= 11 is 0. The van der Waals surface area contributed by atoms with Crippen LogP contribution in [0.25, 0.3) is 22.3 Å². The number of hydrogen-bond acceptors (Lipinski definition) is 5. The predicted molar refractivity (Wildman–Crippen MR) is 120 cm³/mol. The summed E-state index contributed by atoms with van der Waals surface area (Å²) in [7, 11) is 0. The molecule has 1 aliphatic heterocycles. The highest BCUT2D eigenvalue weighted by atomic mass is 35.5. The van der Waals surface area contributed by atoms with E-state index in [-0.39, 0.29) is 24.8 Å². The van der Waals surface area contributed by atoms with Crippen molar-refractivity contribution in [3.8, 4) is 17.1 Å². The van der Waals surface area contributed by atoms with Crippen molar-refractivity contribution in [2.45, 2.75) is 33.2 Å². The van der Waals surface area contributed by atoms with Gasteiger partial charge in [0.15, 0.2) is 0 Å². The number of aromatic hydroxyl groups is 1. The summed E-state index contributed by atoms with van der Waals surface area (Å²) in [5.74, 6) is 0.966. The number of furan rings is 1. The number of piperidine rings is 1. The molecule has 1 aromatic heterocycles. The van der Waals surface area contributed by atoms with Crippen LogP contribution in [0.15, 0.2) is 46.9 Å². The minimum atomic E-state index is -0.427. The lowest BCUT2D eigenvalue weighted by Crippen LogP contribution is -2.32. The molecule has 2 aromatic carbocycles. The van der Waals surface area contributed by atoms with Crippen molar-refractivity contribution in [1.29, 1.82) is 0 Å². The van der Waals surface area contributed by atoms with E-state index in [0.717, 1.165) is 43.0 Å². The zero-order chi connectivity index (χ0) is 20.4. The van der Waals surface area contributed by atoms with Gasteiger partial charge in [-0.15, -0.1) is 12.4 Å². The number of nitrogens with zero attached hydrogens (tertiary/aromatic N) is 1. The van der Waals surface area contributed by atoms with Gasteiger partial charge in [0.05, 0.1) is 6.61 Å². The Balaban J connectivity index is 0.00000256. The van der Waals surface area contributed by atoms with Gasteiger partial charge >= 0.3 is 5.97 Å². The number of rotatable bonds is 5. The molecule has 0 aliphatic carbocycles. The lowest BCUT2D eigenvalue weighted by atomic mass is 9.97. The predicted octanol–water partition coefficient (Wildman–Crippen LogP) is 5.64. The SMILES string of the molecule is CCOC(=O)c1c(-c2ccccc2)oc2ccc(O)c(CN3CCC(C)CC3)c12.Cl. The first-order chi connectivity index (χ1) is 14.1. The number of ether oxygens (including phenoxy) is 1. The Hall–Kier alpha value is -2.50. The van der Waals surface area contributed by atoms with E-state index in [1.807, 2.05) is 30.3 Å². The molecule has 1 N–H and O–H groups in total. The van der Waals surface area contributed by atoms with Crippen molar-refractivity contribution in [2.75, 3.05) is 19.7 Å². The third kappa shape index (κ3) is 4.32. The first kappa shape index (κ1) is 22.2. The molecular formula is C24H28ClNO4. The maximum absolute atomic E-state index is 12.9. The van der Waals surface area contributed by atoms with Crippen LogP contribution in [-0.2, 0) is 11.3 Å². The van der Waals surface area contributed by atoms with Gasteiger partial charge in [0, 0.05) is 23.1 Å². The van der Waals surface area contributed by atoms with Crippen molar-refractivity contribution in [2.24, 2.45) is 5.92 Å². The van der Waals surface area contributed by atoms with Crippen LogP contribution >= 0.6 is 12.4 Å². The molecule has 4 rings (SSSR count). The molecule has 0 unspecified atom stereocenters. The minimum absolute atomic E-state index is 0. The normalized spacial score (nSPS) is 15.1. The van der Waals surface area contributed by atoms with E-state index in [1.165, 1.54) is 0 Å². The van der Waals surface area contributed by atoms with E-state index < -0.39 is 5.97 Å². The van der Waals surface area contributed by atoms with Crippen molar-refractivity contribution in [3.05, 3.63) is 53.6 Å². The third-order valence-corrected chi connectivity index (χ3v) is 5.71. The van der Waals surface area contributed by atoms with Crippen LogP contribution < -0.4 is 0 Å². The van der Waals surface area contributed by atoms with E-state index in [2.05, 4.69) is 11.8 Å². The number of phenolic OH excluding ortho intramolecular Hbond substituents is 1. The van der Waals surface area contributed by atoms with Gasteiger partial charge in [0.25, 0.3) is 0 Å². The number of benzene rings is 2. The minimum Gasteiger partial charge on any atom is -0.508 e. The zero-order valence-electron chi connectivity index (χ0n) is 17.4. The average molecular weight is 430 g/mol. The van der Waals surface area contributed by atoms with E-state index in [4.69, 9.17) is 9.15 Å². The molecular weight excluding hydrogens is 402 g/mol. The molecule has 2 heterocycles. The smallest absolute Gasteiger partial charge is 0.342 e. The van der Waals surface area contributed by atoms with Crippen LogP contribution in [0.4, 0.5) is 0 Å². The molecule has 1 fully saturated rings. The Bertz CT molecular complexity index is 1010. The molecule has 0 saturated carbocycles. The molecule has 1 saturated heterocycles. The van der Waals surface area contributed by atoms with Gasteiger partial charge in [-0.3, -0.25) is 4.90 Å². The van der Waals surface area contributed by atoms with Crippen molar-refractivity contribution in [3.63, 3.8) is 0 Å². The van der Waals surface area contributed by atoms with Crippen molar-refractivity contribution in [1.82, 2.24) is 4.90 Å². The van der Waals surface area contributed by atoms with Gasteiger partial charge in [0.2, 0.25) is 0 Å². The monoisotopic (exact) mass is 429 g/mol. The van der Waals surface area contributed by atoms with Gasteiger partial charge in [0.1, 0.15) is 22.7 Å². The first-order valence-electron chi connectivity index (χ1n) is 10.3. The number of phenols is 1. The molecule has 0 spiro atoms. The van der Waals surface area contributed by atoms with E-state index in [9.17, 15) is 9.90 Å².